The maximum absolute atomic E-state index is 13.4. The van der Waals surface area contributed by atoms with Crippen LogP contribution in [0.4, 0.5) is 0 Å². The Morgan fingerprint density at radius 2 is 2.00 bits per heavy atom. The number of aryl methyl sites for hydroxylation is 1. The second-order valence-corrected chi connectivity index (χ2v) is 8.80. The van der Waals surface area contributed by atoms with Gasteiger partial charge in [0.15, 0.2) is 0 Å². The maximum Gasteiger partial charge on any atom is 0.255 e. The van der Waals surface area contributed by atoms with Gasteiger partial charge in [0.1, 0.15) is 0 Å². The fourth-order valence-corrected chi connectivity index (χ4v) is 4.69. The predicted molar refractivity (Wildman–Crippen MR) is 124 cm³/mol. The van der Waals surface area contributed by atoms with Crippen LogP contribution in [0.1, 0.15) is 25.8 Å². The van der Waals surface area contributed by atoms with Crippen LogP contribution in [-0.4, -0.2) is 51.2 Å². The second kappa shape index (κ2) is 7.85. The van der Waals surface area contributed by atoms with Crippen LogP contribution in [-0.2, 0) is 11.8 Å². The highest BCUT2D eigenvalue weighted by atomic mass is 16.2. The van der Waals surface area contributed by atoms with E-state index in [1.807, 2.05) is 30.2 Å². The molecule has 3 aliphatic heterocycles. The average Bonchev–Trinajstić information content (AvgIpc) is 3.14. The van der Waals surface area contributed by atoms with Crippen molar-refractivity contribution in [3.63, 3.8) is 0 Å². The molecule has 5 rings (SSSR count). The average molecular weight is 416 g/mol. The summed E-state index contributed by atoms with van der Waals surface area (Å²) in [5, 5.41) is 8.92. The summed E-state index contributed by atoms with van der Waals surface area (Å²) in [4.78, 5) is 17.5. The normalized spacial score (nSPS) is 24.4. The number of fused-ring (bicyclic) bond motifs is 2. The summed E-state index contributed by atoms with van der Waals surface area (Å²) in [5.41, 5.74) is 5.31. The van der Waals surface area contributed by atoms with E-state index >= 15 is 0 Å². The quantitative estimate of drug-likeness (QED) is 0.817. The number of carbonyl (C=O) groups is 1. The Balaban J connectivity index is 1.48. The molecule has 1 fully saturated rings. The zero-order valence-corrected chi connectivity index (χ0v) is 18.4. The molecule has 1 aromatic heterocycles. The zero-order valence-electron chi connectivity index (χ0n) is 18.4. The zero-order chi connectivity index (χ0) is 21.5. The van der Waals surface area contributed by atoms with Crippen molar-refractivity contribution in [3.8, 4) is 0 Å². The molecule has 3 aliphatic rings. The smallest absolute Gasteiger partial charge is 0.255 e. The highest BCUT2D eigenvalue weighted by Gasteiger charge is 2.25. The number of aromatic nitrogens is 2. The van der Waals surface area contributed by atoms with Crippen LogP contribution in [0.3, 0.4) is 0 Å². The predicted octanol–water partition coefficient (Wildman–Crippen LogP) is 3.41. The summed E-state index contributed by atoms with van der Waals surface area (Å²) in [6.07, 6.45) is 13.0. The number of hydrogen-bond donors (Lipinski definition) is 1. The van der Waals surface area contributed by atoms with Gasteiger partial charge in [0.25, 0.3) is 5.91 Å². The molecule has 0 radical (unpaired) electrons. The van der Waals surface area contributed by atoms with E-state index in [0.29, 0.717) is 6.04 Å². The molecule has 1 saturated heterocycles. The molecule has 6 heteroatoms. The molecule has 6 nitrogen and oxygen atoms in total. The van der Waals surface area contributed by atoms with Crippen molar-refractivity contribution >= 4 is 22.4 Å². The van der Waals surface area contributed by atoms with E-state index in [4.69, 9.17) is 0 Å². The van der Waals surface area contributed by atoms with Crippen LogP contribution in [0.5, 0.6) is 0 Å². The molecule has 160 valence electrons. The monoisotopic (exact) mass is 415 g/mol. The first kappa shape index (κ1) is 19.8. The molecule has 2 unspecified atom stereocenters. The van der Waals surface area contributed by atoms with Gasteiger partial charge in [-0.05, 0) is 54.7 Å². The highest BCUT2D eigenvalue weighted by molar-refractivity contribution is 5.99. The van der Waals surface area contributed by atoms with Gasteiger partial charge in [0, 0.05) is 56.1 Å². The van der Waals surface area contributed by atoms with E-state index in [0.717, 1.165) is 59.5 Å². The number of benzene rings is 1. The summed E-state index contributed by atoms with van der Waals surface area (Å²) >= 11 is 0. The first-order valence-corrected chi connectivity index (χ1v) is 11.0. The molecular formula is C25H29N5O. The molecule has 0 aliphatic carbocycles. The Hall–Kier alpha value is -3.12. The van der Waals surface area contributed by atoms with Gasteiger partial charge in [0.2, 0.25) is 0 Å². The molecule has 0 spiro atoms. The lowest BCUT2D eigenvalue weighted by Gasteiger charge is -2.36. The number of allylic oxidation sites excluding steroid dienone is 4. The SMILES string of the molecule is CC1CN(C2=CN3C(=O)C=C(c4ccc5c(cnn5C)c4)C(C)CC=C3C=C2)CCN1. The fourth-order valence-electron chi connectivity index (χ4n) is 4.69. The Kier molecular flexibility index (Phi) is 5.02. The molecule has 0 bridgehead atoms. The summed E-state index contributed by atoms with van der Waals surface area (Å²) in [7, 11) is 1.95. The molecule has 31 heavy (non-hydrogen) atoms. The van der Waals surface area contributed by atoms with Crippen LogP contribution in [0.2, 0.25) is 0 Å². The van der Waals surface area contributed by atoms with E-state index in [2.05, 4.69) is 65.6 Å². The van der Waals surface area contributed by atoms with Crippen molar-refractivity contribution in [2.24, 2.45) is 13.0 Å². The number of amides is 1. The lowest BCUT2D eigenvalue weighted by Crippen LogP contribution is -2.48. The van der Waals surface area contributed by atoms with Crippen molar-refractivity contribution in [2.75, 3.05) is 19.6 Å². The van der Waals surface area contributed by atoms with Crippen molar-refractivity contribution in [1.29, 1.82) is 0 Å². The number of carbonyl (C=O) groups excluding carboxylic acids is 1. The number of rotatable bonds is 2. The molecule has 1 aromatic carbocycles. The van der Waals surface area contributed by atoms with Gasteiger partial charge in [-0.15, -0.1) is 0 Å². The summed E-state index contributed by atoms with van der Waals surface area (Å²) in [6, 6.07) is 6.77. The van der Waals surface area contributed by atoms with Gasteiger partial charge in [-0.25, -0.2) is 0 Å². The van der Waals surface area contributed by atoms with Crippen molar-refractivity contribution in [3.05, 3.63) is 71.9 Å². The lowest BCUT2D eigenvalue weighted by molar-refractivity contribution is -0.122. The third-order valence-electron chi connectivity index (χ3n) is 6.51. The van der Waals surface area contributed by atoms with E-state index in [1.165, 1.54) is 0 Å². The first-order chi connectivity index (χ1) is 15.0. The number of piperazine rings is 1. The Labute approximate surface area is 183 Å². The number of nitrogens with one attached hydrogen (secondary N) is 1. The molecule has 1 amide bonds. The second-order valence-electron chi connectivity index (χ2n) is 8.80. The minimum atomic E-state index is 0.00381. The van der Waals surface area contributed by atoms with Crippen molar-refractivity contribution < 1.29 is 4.79 Å². The van der Waals surface area contributed by atoms with Gasteiger partial charge in [-0.1, -0.05) is 19.1 Å². The van der Waals surface area contributed by atoms with Crippen LogP contribution in [0, 0.1) is 5.92 Å². The van der Waals surface area contributed by atoms with Gasteiger partial charge in [0.05, 0.1) is 17.4 Å². The maximum atomic E-state index is 13.4. The van der Waals surface area contributed by atoms with Crippen LogP contribution in [0.15, 0.2) is 66.3 Å². The highest BCUT2D eigenvalue weighted by Crippen LogP contribution is 2.33. The number of nitrogens with zero attached hydrogens (tertiary/aromatic N) is 4. The topological polar surface area (TPSA) is 53.4 Å². The van der Waals surface area contributed by atoms with Crippen LogP contribution in [0.25, 0.3) is 16.5 Å². The molecule has 1 N–H and O–H groups in total. The lowest BCUT2D eigenvalue weighted by atomic mass is 9.89. The Morgan fingerprint density at radius 3 is 2.84 bits per heavy atom. The molecule has 2 atom stereocenters. The number of hydrogen-bond acceptors (Lipinski definition) is 4. The minimum absolute atomic E-state index is 0.00381. The fraction of sp³-hybridized carbons (Fsp3) is 0.360. The third kappa shape index (κ3) is 3.72. The largest absolute Gasteiger partial charge is 0.368 e. The molecular weight excluding hydrogens is 386 g/mol. The summed E-state index contributed by atoms with van der Waals surface area (Å²) in [6.45, 7) is 7.24. The standard InChI is InChI=1S/C25H29N5O/c1-17-4-6-21-7-8-22(29-11-10-26-18(2)15-29)16-30(21)25(31)13-23(17)19-5-9-24-20(12-19)14-27-28(24)3/h5-9,12-14,16-18,26H,4,10-11,15H2,1-3H3. The Morgan fingerprint density at radius 1 is 1.16 bits per heavy atom. The van der Waals surface area contributed by atoms with Gasteiger partial charge in [-0.3, -0.25) is 14.4 Å². The van der Waals surface area contributed by atoms with Crippen molar-refractivity contribution in [2.45, 2.75) is 26.3 Å². The van der Waals surface area contributed by atoms with Crippen molar-refractivity contribution in [1.82, 2.24) is 24.9 Å². The molecule has 4 heterocycles. The van der Waals surface area contributed by atoms with Gasteiger partial charge in [-0.2, -0.15) is 5.10 Å². The van der Waals surface area contributed by atoms with E-state index in [1.54, 1.807) is 4.90 Å². The minimum Gasteiger partial charge on any atom is -0.368 e. The van der Waals surface area contributed by atoms with E-state index < -0.39 is 0 Å². The van der Waals surface area contributed by atoms with Crippen LogP contribution >= 0.6 is 0 Å². The molecule has 2 aromatic rings. The summed E-state index contributed by atoms with van der Waals surface area (Å²) in [5.74, 6) is 0.254. The van der Waals surface area contributed by atoms with E-state index in [9.17, 15) is 4.79 Å². The van der Waals surface area contributed by atoms with E-state index in [-0.39, 0.29) is 11.8 Å². The summed E-state index contributed by atoms with van der Waals surface area (Å²) < 4.78 is 1.87. The van der Waals surface area contributed by atoms with Gasteiger partial charge < -0.3 is 10.2 Å². The first-order valence-electron chi connectivity index (χ1n) is 11.0. The molecule has 0 saturated carbocycles. The Bertz CT molecular complexity index is 1150. The van der Waals surface area contributed by atoms with Crippen LogP contribution < -0.4 is 5.32 Å². The third-order valence-corrected chi connectivity index (χ3v) is 6.51. The van der Waals surface area contributed by atoms with Gasteiger partial charge >= 0.3 is 0 Å².